The van der Waals surface area contributed by atoms with Crippen molar-refractivity contribution in [1.29, 1.82) is 0 Å². The van der Waals surface area contributed by atoms with E-state index in [4.69, 9.17) is 16.0 Å². The third-order valence-electron chi connectivity index (χ3n) is 2.94. The van der Waals surface area contributed by atoms with Gasteiger partial charge in [-0.1, -0.05) is 36.7 Å². The maximum Gasteiger partial charge on any atom is 0.105 e. The van der Waals surface area contributed by atoms with Crippen LogP contribution in [0.25, 0.3) is 0 Å². The number of likely N-dealkylation sites (N-methyl/N-ethyl adjacent to an activating group) is 1. The maximum absolute atomic E-state index is 6.20. The summed E-state index contributed by atoms with van der Waals surface area (Å²) < 4.78 is 5.41. The Bertz CT molecular complexity index is 467. The molecule has 1 unspecified atom stereocenters. The van der Waals surface area contributed by atoms with Crippen LogP contribution in [0.15, 0.2) is 47.1 Å². The van der Waals surface area contributed by atoms with Crippen LogP contribution in [-0.2, 0) is 12.8 Å². The van der Waals surface area contributed by atoms with E-state index in [1.807, 2.05) is 30.3 Å². The van der Waals surface area contributed by atoms with Gasteiger partial charge in [-0.05, 0) is 36.7 Å². The summed E-state index contributed by atoms with van der Waals surface area (Å²) in [6, 6.07) is 12.3. The summed E-state index contributed by atoms with van der Waals surface area (Å²) >= 11 is 6.20. The number of rotatable bonds is 6. The van der Waals surface area contributed by atoms with Crippen LogP contribution in [0.4, 0.5) is 0 Å². The van der Waals surface area contributed by atoms with Crippen molar-refractivity contribution in [2.75, 3.05) is 6.54 Å². The fourth-order valence-corrected chi connectivity index (χ4v) is 2.32. The molecule has 0 aliphatic carbocycles. The van der Waals surface area contributed by atoms with Crippen molar-refractivity contribution < 1.29 is 4.42 Å². The molecular formula is C15H18ClNO. The first-order chi connectivity index (χ1) is 8.79. The van der Waals surface area contributed by atoms with Crippen LogP contribution >= 0.6 is 11.6 Å². The number of hydrogen-bond donors (Lipinski definition) is 1. The summed E-state index contributed by atoms with van der Waals surface area (Å²) in [4.78, 5) is 0. The van der Waals surface area contributed by atoms with E-state index in [0.29, 0.717) is 6.04 Å². The topological polar surface area (TPSA) is 25.2 Å². The largest absolute Gasteiger partial charge is 0.469 e. The van der Waals surface area contributed by atoms with Gasteiger partial charge >= 0.3 is 0 Å². The lowest BCUT2D eigenvalue weighted by molar-refractivity contribution is 0.444. The first kappa shape index (κ1) is 13.2. The molecule has 1 N–H and O–H groups in total. The van der Waals surface area contributed by atoms with E-state index in [1.54, 1.807) is 6.26 Å². The Hall–Kier alpha value is -1.25. The first-order valence-corrected chi connectivity index (χ1v) is 6.66. The van der Waals surface area contributed by atoms with Gasteiger partial charge in [0.1, 0.15) is 5.76 Å². The lowest BCUT2D eigenvalue weighted by atomic mass is 10.0. The molecule has 3 heteroatoms. The van der Waals surface area contributed by atoms with Crippen molar-refractivity contribution in [2.24, 2.45) is 0 Å². The second kappa shape index (κ2) is 6.62. The third kappa shape index (κ3) is 3.62. The first-order valence-electron chi connectivity index (χ1n) is 6.28. The number of benzene rings is 1. The summed E-state index contributed by atoms with van der Waals surface area (Å²) in [7, 11) is 0. The standard InChI is InChI=1S/C15H18ClNO/c1-2-17-13(11-14-7-5-9-18-14)10-12-6-3-4-8-15(12)16/h3-9,13,17H,2,10-11H2,1H3. The van der Waals surface area contributed by atoms with Gasteiger partial charge < -0.3 is 9.73 Å². The van der Waals surface area contributed by atoms with Crippen LogP contribution in [0.5, 0.6) is 0 Å². The molecule has 96 valence electrons. The van der Waals surface area contributed by atoms with E-state index in [2.05, 4.69) is 18.3 Å². The van der Waals surface area contributed by atoms with E-state index in [9.17, 15) is 0 Å². The minimum Gasteiger partial charge on any atom is -0.469 e. The Kier molecular flexibility index (Phi) is 4.85. The zero-order valence-electron chi connectivity index (χ0n) is 10.5. The summed E-state index contributed by atoms with van der Waals surface area (Å²) in [5.74, 6) is 1.01. The second-order valence-corrected chi connectivity index (χ2v) is 4.74. The number of furan rings is 1. The average Bonchev–Trinajstić information content (AvgIpc) is 2.85. The second-order valence-electron chi connectivity index (χ2n) is 4.33. The molecular weight excluding hydrogens is 246 g/mol. The van der Waals surface area contributed by atoms with E-state index in [0.717, 1.165) is 30.2 Å². The van der Waals surface area contributed by atoms with Gasteiger partial charge in [0.15, 0.2) is 0 Å². The van der Waals surface area contributed by atoms with Crippen molar-refractivity contribution in [2.45, 2.75) is 25.8 Å². The molecule has 2 rings (SSSR count). The van der Waals surface area contributed by atoms with Gasteiger partial charge in [0.2, 0.25) is 0 Å². The minimum absolute atomic E-state index is 0.348. The normalized spacial score (nSPS) is 12.6. The van der Waals surface area contributed by atoms with E-state index in [-0.39, 0.29) is 0 Å². The Morgan fingerprint density at radius 1 is 1.17 bits per heavy atom. The van der Waals surface area contributed by atoms with Gasteiger partial charge in [-0.15, -0.1) is 0 Å². The fraction of sp³-hybridized carbons (Fsp3) is 0.333. The van der Waals surface area contributed by atoms with Gasteiger partial charge in [-0.25, -0.2) is 0 Å². The fourth-order valence-electron chi connectivity index (χ4n) is 2.11. The molecule has 0 aliphatic rings. The molecule has 0 saturated carbocycles. The predicted molar refractivity (Wildman–Crippen MR) is 75.0 cm³/mol. The highest BCUT2D eigenvalue weighted by molar-refractivity contribution is 6.31. The smallest absolute Gasteiger partial charge is 0.105 e. The number of hydrogen-bond acceptors (Lipinski definition) is 2. The quantitative estimate of drug-likeness (QED) is 0.860. The lowest BCUT2D eigenvalue weighted by Crippen LogP contribution is -2.33. The summed E-state index contributed by atoms with van der Waals surface area (Å²) in [6.07, 6.45) is 3.51. The molecule has 1 aromatic heterocycles. The number of nitrogens with one attached hydrogen (secondary N) is 1. The SMILES string of the molecule is CCNC(Cc1ccco1)Cc1ccccc1Cl. The van der Waals surface area contributed by atoms with Crippen molar-refractivity contribution >= 4 is 11.6 Å². The lowest BCUT2D eigenvalue weighted by Gasteiger charge is -2.17. The van der Waals surface area contributed by atoms with Gasteiger partial charge in [-0.2, -0.15) is 0 Å². The molecule has 0 bridgehead atoms. The molecule has 0 amide bonds. The zero-order chi connectivity index (χ0) is 12.8. The zero-order valence-corrected chi connectivity index (χ0v) is 11.3. The minimum atomic E-state index is 0.348. The molecule has 0 fully saturated rings. The molecule has 0 aliphatic heterocycles. The van der Waals surface area contributed by atoms with Crippen LogP contribution in [0.3, 0.4) is 0 Å². The van der Waals surface area contributed by atoms with Crippen molar-refractivity contribution in [3.8, 4) is 0 Å². The molecule has 18 heavy (non-hydrogen) atoms. The van der Waals surface area contributed by atoms with Crippen LogP contribution in [0.1, 0.15) is 18.2 Å². The van der Waals surface area contributed by atoms with Crippen molar-refractivity contribution in [3.05, 3.63) is 59.0 Å². The molecule has 2 aromatic rings. The van der Waals surface area contributed by atoms with Crippen LogP contribution in [0, 0.1) is 0 Å². The monoisotopic (exact) mass is 263 g/mol. The highest BCUT2D eigenvalue weighted by atomic mass is 35.5. The molecule has 0 radical (unpaired) electrons. The van der Waals surface area contributed by atoms with E-state index < -0.39 is 0 Å². The van der Waals surface area contributed by atoms with Crippen LogP contribution in [-0.4, -0.2) is 12.6 Å². The van der Waals surface area contributed by atoms with Gasteiger partial charge in [-0.3, -0.25) is 0 Å². The van der Waals surface area contributed by atoms with Crippen molar-refractivity contribution in [3.63, 3.8) is 0 Å². The van der Waals surface area contributed by atoms with Crippen molar-refractivity contribution in [1.82, 2.24) is 5.32 Å². The van der Waals surface area contributed by atoms with Gasteiger partial charge in [0.05, 0.1) is 6.26 Å². The molecule has 0 spiro atoms. The predicted octanol–water partition coefficient (Wildman–Crippen LogP) is 3.70. The van der Waals surface area contributed by atoms with Gasteiger partial charge in [0.25, 0.3) is 0 Å². The molecule has 2 nitrogen and oxygen atoms in total. The third-order valence-corrected chi connectivity index (χ3v) is 3.31. The molecule has 1 atom stereocenters. The number of halogens is 1. The average molecular weight is 264 g/mol. The highest BCUT2D eigenvalue weighted by Crippen LogP contribution is 2.18. The summed E-state index contributed by atoms with van der Waals surface area (Å²) in [5, 5.41) is 4.31. The molecule has 1 heterocycles. The molecule has 0 saturated heterocycles. The van der Waals surface area contributed by atoms with Gasteiger partial charge in [0, 0.05) is 17.5 Å². The Morgan fingerprint density at radius 3 is 2.67 bits per heavy atom. The Balaban J connectivity index is 2.04. The molecule has 1 aromatic carbocycles. The van der Waals surface area contributed by atoms with E-state index >= 15 is 0 Å². The summed E-state index contributed by atoms with van der Waals surface area (Å²) in [6.45, 7) is 3.05. The maximum atomic E-state index is 6.20. The Labute approximate surface area is 113 Å². The summed E-state index contributed by atoms with van der Waals surface area (Å²) in [5.41, 5.74) is 1.18. The van der Waals surface area contributed by atoms with Crippen LogP contribution < -0.4 is 5.32 Å². The van der Waals surface area contributed by atoms with E-state index in [1.165, 1.54) is 5.56 Å². The highest BCUT2D eigenvalue weighted by Gasteiger charge is 2.12. The Morgan fingerprint density at radius 2 is 2.00 bits per heavy atom. The van der Waals surface area contributed by atoms with Crippen LogP contribution in [0.2, 0.25) is 5.02 Å².